The first-order chi connectivity index (χ1) is 11.3. The van der Waals surface area contributed by atoms with Crippen molar-refractivity contribution in [3.05, 3.63) is 47.0 Å². The van der Waals surface area contributed by atoms with Crippen molar-refractivity contribution in [3.63, 3.8) is 0 Å². The van der Waals surface area contributed by atoms with Crippen molar-refractivity contribution >= 4 is 27.5 Å². The summed E-state index contributed by atoms with van der Waals surface area (Å²) in [5.74, 6) is -0.923. The van der Waals surface area contributed by atoms with Crippen molar-refractivity contribution in [2.75, 3.05) is 0 Å². The molecule has 1 fully saturated rings. The third-order valence-corrected chi connectivity index (χ3v) is 4.95. The summed E-state index contributed by atoms with van der Waals surface area (Å²) in [7, 11) is -3.85. The van der Waals surface area contributed by atoms with E-state index < -0.39 is 15.8 Å². The van der Waals surface area contributed by atoms with Gasteiger partial charge in [0.2, 0.25) is 15.9 Å². The van der Waals surface area contributed by atoms with Gasteiger partial charge in [-0.1, -0.05) is 17.7 Å². The fourth-order valence-corrected chi connectivity index (χ4v) is 3.28. The molecule has 1 aliphatic carbocycles. The summed E-state index contributed by atoms with van der Waals surface area (Å²) >= 11 is 6.01. The largest absolute Gasteiger partial charge is 0.351 e. The summed E-state index contributed by atoms with van der Waals surface area (Å²) in [6.45, 7) is -0.163. The van der Waals surface area contributed by atoms with Crippen molar-refractivity contribution in [2.24, 2.45) is 5.14 Å². The average molecular weight is 373 g/mol. The number of rotatable bonds is 5. The number of aromatic nitrogens is 2. The third-order valence-electron chi connectivity index (χ3n) is 3.75. The van der Waals surface area contributed by atoms with Crippen LogP contribution < -0.4 is 10.5 Å². The number of primary sulfonamides is 1. The van der Waals surface area contributed by atoms with Crippen LogP contribution in [-0.4, -0.2) is 30.1 Å². The fraction of sp³-hybridized carbons (Fsp3) is 0.286. The van der Waals surface area contributed by atoms with Gasteiger partial charge in [0.05, 0.1) is 6.20 Å². The van der Waals surface area contributed by atoms with Crippen LogP contribution in [0.2, 0.25) is 5.02 Å². The molecule has 1 saturated carbocycles. The second kappa shape index (κ2) is 6.15. The Labute approximate surface area is 142 Å². The predicted octanol–water partition coefficient (Wildman–Crippen LogP) is 0.995. The topological polar surface area (TPSA) is 107 Å². The van der Waals surface area contributed by atoms with E-state index >= 15 is 0 Å². The highest BCUT2D eigenvalue weighted by molar-refractivity contribution is 7.89. The van der Waals surface area contributed by atoms with E-state index in [1.54, 1.807) is 6.07 Å². The van der Waals surface area contributed by atoms with Gasteiger partial charge in [-0.25, -0.2) is 17.9 Å². The van der Waals surface area contributed by atoms with Crippen LogP contribution in [0.1, 0.15) is 17.9 Å². The van der Waals surface area contributed by atoms with Gasteiger partial charge in [-0.05, 0) is 18.6 Å². The number of nitrogens with two attached hydrogens (primary N) is 1. The third kappa shape index (κ3) is 3.58. The predicted molar refractivity (Wildman–Crippen MR) is 84.3 cm³/mol. The molecule has 1 heterocycles. The first-order valence-corrected chi connectivity index (χ1v) is 8.96. The molecule has 0 radical (unpaired) electrons. The molecule has 0 bridgehead atoms. The Balaban J connectivity index is 1.60. The molecule has 0 unspecified atom stereocenters. The summed E-state index contributed by atoms with van der Waals surface area (Å²) in [4.78, 5) is 11.8. The lowest BCUT2D eigenvalue weighted by molar-refractivity contribution is -0.122. The SMILES string of the molecule is NS(=O)(=O)c1cnn(CC(=O)N[C@@H]2C[C@H]2c2c(F)cccc2Cl)c1. The minimum Gasteiger partial charge on any atom is -0.351 e. The summed E-state index contributed by atoms with van der Waals surface area (Å²) in [6, 6.07) is 4.25. The van der Waals surface area contributed by atoms with Crippen molar-refractivity contribution in [1.29, 1.82) is 0 Å². The lowest BCUT2D eigenvalue weighted by Crippen LogP contribution is -2.30. The summed E-state index contributed by atoms with van der Waals surface area (Å²) in [5, 5.41) is 11.8. The van der Waals surface area contributed by atoms with E-state index in [4.69, 9.17) is 16.7 Å². The number of nitrogens with one attached hydrogen (secondary N) is 1. The van der Waals surface area contributed by atoms with Crippen LogP contribution in [0.4, 0.5) is 4.39 Å². The zero-order chi connectivity index (χ0) is 17.5. The average Bonchev–Trinajstić information content (AvgIpc) is 3.02. The van der Waals surface area contributed by atoms with E-state index in [9.17, 15) is 17.6 Å². The van der Waals surface area contributed by atoms with Crippen LogP contribution in [0, 0.1) is 5.82 Å². The van der Waals surface area contributed by atoms with E-state index in [0.717, 1.165) is 6.20 Å². The van der Waals surface area contributed by atoms with Gasteiger partial charge in [-0.3, -0.25) is 9.48 Å². The van der Waals surface area contributed by atoms with Crippen molar-refractivity contribution in [2.45, 2.75) is 29.8 Å². The molecular formula is C14H14ClFN4O3S. The Morgan fingerprint density at radius 3 is 2.88 bits per heavy atom. The fourth-order valence-electron chi connectivity index (χ4n) is 2.52. The standard InChI is InChI=1S/C14H14ClFN4O3S/c15-10-2-1-3-11(16)14(10)9-4-12(9)19-13(21)7-20-6-8(5-18-20)24(17,22)23/h1-3,5-6,9,12H,4,7H2,(H,19,21)(H2,17,22,23)/t9-,12-/m1/s1. The van der Waals surface area contributed by atoms with E-state index in [1.165, 1.54) is 23.0 Å². The summed E-state index contributed by atoms with van der Waals surface area (Å²) in [5.41, 5.74) is 0.403. The molecule has 1 aliphatic rings. The van der Waals surface area contributed by atoms with Crippen molar-refractivity contribution in [1.82, 2.24) is 15.1 Å². The van der Waals surface area contributed by atoms with Crippen LogP contribution in [0.3, 0.4) is 0 Å². The van der Waals surface area contributed by atoms with Crippen LogP contribution in [0.25, 0.3) is 0 Å². The maximum Gasteiger partial charge on any atom is 0.241 e. The monoisotopic (exact) mass is 372 g/mol. The molecule has 0 spiro atoms. The molecule has 7 nitrogen and oxygen atoms in total. The van der Waals surface area contributed by atoms with Crippen LogP contribution in [0.15, 0.2) is 35.5 Å². The first kappa shape index (κ1) is 16.9. The number of nitrogens with zero attached hydrogens (tertiary/aromatic N) is 2. The molecule has 128 valence electrons. The van der Waals surface area contributed by atoms with Gasteiger partial charge >= 0.3 is 0 Å². The van der Waals surface area contributed by atoms with E-state index in [2.05, 4.69) is 10.4 Å². The highest BCUT2D eigenvalue weighted by atomic mass is 35.5. The number of halogens is 2. The number of sulfonamides is 1. The molecule has 2 atom stereocenters. The molecule has 1 amide bonds. The van der Waals surface area contributed by atoms with Gasteiger partial charge in [0.15, 0.2) is 0 Å². The van der Waals surface area contributed by atoms with Crippen molar-refractivity contribution in [3.8, 4) is 0 Å². The Morgan fingerprint density at radius 2 is 2.25 bits per heavy atom. The van der Waals surface area contributed by atoms with E-state index in [1.807, 2.05) is 0 Å². The zero-order valence-corrected chi connectivity index (χ0v) is 13.9. The molecule has 3 rings (SSSR count). The molecule has 24 heavy (non-hydrogen) atoms. The number of hydrogen-bond donors (Lipinski definition) is 2. The van der Waals surface area contributed by atoms with Gasteiger partial charge in [0, 0.05) is 28.7 Å². The van der Waals surface area contributed by atoms with Crippen molar-refractivity contribution < 1.29 is 17.6 Å². The van der Waals surface area contributed by atoms with Gasteiger partial charge in [-0.15, -0.1) is 0 Å². The Morgan fingerprint density at radius 1 is 1.50 bits per heavy atom. The first-order valence-electron chi connectivity index (χ1n) is 7.04. The van der Waals surface area contributed by atoms with E-state index in [0.29, 0.717) is 17.0 Å². The highest BCUT2D eigenvalue weighted by Gasteiger charge is 2.42. The number of hydrogen-bond acceptors (Lipinski definition) is 4. The minimum atomic E-state index is -3.85. The molecule has 0 saturated heterocycles. The molecule has 1 aromatic heterocycles. The van der Waals surface area contributed by atoms with Gasteiger partial charge in [0.25, 0.3) is 0 Å². The summed E-state index contributed by atoms with van der Waals surface area (Å²) in [6.07, 6.45) is 2.84. The highest BCUT2D eigenvalue weighted by Crippen LogP contribution is 2.44. The minimum absolute atomic E-state index is 0.163. The molecule has 10 heteroatoms. The Bertz CT molecular complexity index is 879. The van der Waals surface area contributed by atoms with Gasteiger partial charge in [0.1, 0.15) is 17.3 Å². The summed E-state index contributed by atoms with van der Waals surface area (Å²) < 4.78 is 37.3. The number of carbonyl (C=O) groups is 1. The molecule has 1 aromatic carbocycles. The molecule has 2 aromatic rings. The Hall–Kier alpha value is -1.97. The lowest BCUT2D eigenvalue weighted by Gasteiger charge is -2.07. The van der Waals surface area contributed by atoms with Crippen LogP contribution in [0.5, 0.6) is 0 Å². The van der Waals surface area contributed by atoms with Crippen LogP contribution >= 0.6 is 11.6 Å². The Kier molecular flexibility index (Phi) is 4.33. The molecule has 3 N–H and O–H groups in total. The number of amides is 1. The maximum absolute atomic E-state index is 13.8. The van der Waals surface area contributed by atoms with Gasteiger partial charge in [-0.2, -0.15) is 5.10 Å². The quantitative estimate of drug-likeness (QED) is 0.816. The van der Waals surface area contributed by atoms with E-state index in [-0.39, 0.29) is 29.3 Å². The number of carbonyl (C=O) groups excluding carboxylic acids is 1. The smallest absolute Gasteiger partial charge is 0.241 e. The molecular weight excluding hydrogens is 359 g/mol. The lowest BCUT2D eigenvalue weighted by atomic mass is 10.1. The normalized spacial score (nSPS) is 20.0. The number of benzene rings is 1. The second-order valence-electron chi connectivity index (χ2n) is 5.57. The van der Waals surface area contributed by atoms with Gasteiger partial charge < -0.3 is 5.32 Å². The second-order valence-corrected chi connectivity index (χ2v) is 7.54. The molecule has 0 aliphatic heterocycles. The zero-order valence-electron chi connectivity index (χ0n) is 12.3. The van der Waals surface area contributed by atoms with Crippen LogP contribution in [-0.2, 0) is 21.4 Å². The maximum atomic E-state index is 13.8.